The van der Waals surface area contributed by atoms with Gasteiger partial charge in [-0.1, -0.05) is 18.2 Å². The second-order valence-corrected chi connectivity index (χ2v) is 6.50. The van der Waals surface area contributed by atoms with Crippen LogP contribution in [-0.2, 0) is 0 Å². The first-order valence-electron chi connectivity index (χ1n) is 8.64. The molecule has 0 saturated carbocycles. The maximum atomic E-state index is 13.9. The van der Waals surface area contributed by atoms with Crippen LogP contribution in [0.25, 0.3) is 39.1 Å². The van der Waals surface area contributed by atoms with Gasteiger partial charge in [-0.05, 0) is 30.3 Å². The fraction of sp³-hybridized carbons (Fsp3) is 0. The van der Waals surface area contributed by atoms with Gasteiger partial charge in [0.25, 0.3) is 0 Å². The number of hydrogen-bond acceptors (Lipinski definition) is 5. The van der Waals surface area contributed by atoms with Gasteiger partial charge in [0, 0.05) is 28.9 Å². The minimum absolute atomic E-state index is 0.278. The molecule has 3 heterocycles. The van der Waals surface area contributed by atoms with Crippen molar-refractivity contribution in [2.24, 2.45) is 0 Å². The Kier molecular flexibility index (Phi) is 3.48. The lowest BCUT2D eigenvalue weighted by Crippen LogP contribution is -2.04. The Balaban J connectivity index is 1.86. The van der Waals surface area contributed by atoms with Crippen molar-refractivity contribution in [3.05, 3.63) is 72.9 Å². The van der Waals surface area contributed by atoms with Crippen LogP contribution in [0.4, 0.5) is 15.9 Å². The van der Waals surface area contributed by atoms with Crippen LogP contribution in [-0.4, -0.2) is 19.4 Å². The molecule has 28 heavy (non-hydrogen) atoms. The molecule has 6 nitrogen and oxygen atoms in total. The summed E-state index contributed by atoms with van der Waals surface area (Å²) < 4.78 is 15.8. The largest absolute Gasteiger partial charge is 0.397 e. The van der Waals surface area contributed by atoms with Crippen LogP contribution < -0.4 is 11.5 Å². The zero-order valence-corrected chi connectivity index (χ0v) is 14.7. The Morgan fingerprint density at radius 1 is 0.929 bits per heavy atom. The zero-order chi connectivity index (χ0) is 19.3. The van der Waals surface area contributed by atoms with E-state index < -0.39 is 0 Å². The van der Waals surface area contributed by atoms with E-state index in [1.165, 1.54) is 12.1 Å². The summed E-state index contributed by atoms with van der Waals surface area (Å²) in [7, 11) is 0. The fourth-order valence-corrected chi connectivity index (χ4v) is 3.42. The zero-order valence-electron chi connectivity index (χ0n) is 14.7. The number of nitrogen functional groups attached to an aromatic ring is 2. The van der Waals surface area contributed by atoms with Crippen molar-refractivity contribution in [1.82, 2.24) is 19.4 Å². The third-order valence-electron chi connectivity index (χ3n) is 4.64. The predicted octanol–water partition coefficient (Wildman–Crippen LogP) is 3.92. The number of fused-ring (bicyclic) bond motifs is 2. The highest BCUT2D eigenvalue weighted by molar-refractivity contribution is 5.90. The first-order valence-corrected chi connectivity index (χ1v) is 8.64. The van der Waals surface area contributed by atoms with Crippen LogP contribution in [0.5, 0.6) is 0 Å². The van der Waals surface area contributed by atoms with Crippen molar-refractivity contribution in [3.63, 3.8) is 0 Å². The van der Waals surface area contributed by atoms with Gasteiger partial charge in [-0.25, -0.2) is 14.4 Å². The molecule has 2 aromatic carbocycles. The molecular weight excluding hydrogens is 355 g/mol. The van der Waals surface area contributed by atoms with E-state index in [1.54, 1.807) is 24.5 Å². The van der Waals surface area contributed by atoms with E-state index in [0.29, 0.717) is 22.6 Å². The van der Waals surface area contributed by atoms with E-state index in [4.69, 9.17) is 11.5 Å². The highest BCUT2D eigenvalue weighted by Gasteiger charge is 2.17. The number of nitrogens with zero attached hydrogens (tertiary/aromatic N) is 4. The summed E-state index contributed by atoms with van der Waals surface area (Å²) in [4.78, 5) is 13.2. The highest BCUT2D eigenvalue weighted by atomic mass is 19.1. The van der Waals surface area contributed by atoms with Crippen molar-refractivity contribution >= 4 is 28.1 Å². The molecule has 0 aliphatic carbocycles. The average molecular weight is 370 g/mol. The molecule has 0 amide bonds. The minimum atomic E-state index is -0.343. The van der Waals surface area contributed by atoms with E-state index in [2.05, 4.69) is 15.0 Å². The van der Waals surface area contributed by atoms with Crippen molar-refractivity contribution in [2.75, 3.05) is 11.5 Å². The molecule has 0 spiro atoms. The monoisotopic (exact) mass is 370 g/mol. The normalized spacial score (nSPS) is 11.3. The second kappa shape index (κ2) is 6.02. The standard InChI is InChI=1S/C21H15FN6/c22-15-3-1-2-12(9-15)18-19(28-7-6-25-21(28)20(24)27-18)13-4-5-17-14(8-13)10-16(23)11-26-17/h1-11H,23H2,(H2,24,27). The summed E-state index contributed by atoms with van der Waals surface area (Å²) in [6.07, 6.45) is 5.10. The molecule has 0 unspecified atom stereocenters. The number of anilines is 2. The number of aromatic nitrogens is 4. The molecular formula is C21H15FN6. The quantitative estimate of drug-likeness (QED) is 0.491. The van der Waals surface area contributed by atoms with Crippen molar-refractivity contribution in [1.29, 1.82) is 0 Å². The van der Waals surface area contributed by atoms with Gasteiger partial charge >= 0.3 is 0 Å². The molecule has 5 rings (SSSR count). The lowest BCUT2D eigenvalue weighted by atomic mass is 10.0. The SMILES string of the molecule is Nc1cnc2ccc(-c3c(-c4cccc(F)c4)nc(N)c4nccn34)cc2c1. The van der Waals surface area contributed by atoms with Gasteiger partial charge in [0.05, 0.1) is 28.8 Å². The Morgan fingerprint density at radius 3 is 2.68 bits per heavy atom. The van der Waals surface area contributed by atoms with Gasteiger partial charge in [-0.3, -0.25) is 9.38 Å². The van der Waals surface area contributed by atoms with E-state index in [9.17, 15) is 4.39 Å². The molecule has 0 atom stereocenters. The van der Waals surface area contributed by atoms with Crippen LogP contribution in [0.1, 0.15) is 0 Å². The molecule has 136 valence electrons. The van der Waals surface area contributed by atoms with Gasteiger partial charge in [0.1, 0.15) is 5.82 Å². The molecule has 0 radical (unpaired) electrons. The summed E-state index contributed by atoms with van der Waals surface area (Å²) in [5.74, 6) is -0.0650. The number of nitrogens with two attached hydrogens (primary N) is 2. The molecule has 4 N–H and O–H groups in total. The predicted molar refractivity (Wildman–Crippen MR) is 108 cm³/mol. The smallest absolute Gasteiger partial charge is 0.180 e. The maximum Gasteiger partial charge on any atom is 0.180 e. The van der Waals surface area contributed by atoms with Gasteiger partial charge in [-0.15, -0.1) is 0 Å². The van der Waals surface area contributed by atoms with Gasteiger partial charge in [0.2, 0.25) is 0 Å². The minimum Gasteiger partial charge on any atom is -0.397 e. The van der Waals surface area contributed by atoms with Crippen LogP contribution in [0, 0.1) is 5.82 Å². The Labute approximate surface area is 159 Å². The molecule has 0 saturated heterocycles. The molecule has 5 aromatic rings. The van der Waals surface area contributed by atoms with E-state index in [-0.39, 0.29) is 11.6 Å². The molecule has 3 aromatic heterocycles. The lowest BCUT2D eigenvalue weighted by Gasteiger charge is -2.14. The number of imidazole rings is 1. The Morgan fingerprint density at radius 2 is 1.82 bits per heavy atom. The summed E-state index contributed by atoms with van der Waals surface area (Å²) in [5, 5.41) is 0.896. The van der Waals surface area contributed by atoms with Gasteiger partial charge < -0.3 is 11.5 Å². The Hall–Kier alpha value is -4.00. The second-order valence-electron chi connectivity index (χ2n) is 6.50. The van der Waals surface area contributed by atoms with Gasteiger partial charge in [0.15, 0.2) is 11.5 Å². The first kappa shape index (κ1) is 16.2. The topological polar surface area (TPSA) is 95.1 Å². The van der Waals surface area contributed by atoms with Crippen LogP contribution in [0.15, 0.2) is 67.1 Å². The third-order valence-corrected chi connectivity index (χ3v) is 4.64. The maximum absolute atomic E-state index is 13.9. The average Bonchev–Trinajstić information content (AvgIpc) is 3.17. The summed E-state index contributed by atoms with van der Waals surface area (Å²) in [6, 6.07) is 14.0. The Bertz CT molecular complexity index is 1360. The molecule has 7 heteroatoms. The molecule has 0 fully saturated rings. The van der Waals surface area contributed by atoms with Crippen molar-refractivity contribution in [2.45, 2.75) is 0 Å². The van der Waals surface area contributed by atoms with E-state index in [1.807, 2.05) is 34.9 Å². The van der Waals surface area contributed by atoms with Gasteiger partial charge in [-0.2, -0.15) is 0 Å². The van der Waals surface area contributed by atoms with E-state index in [0.717, 1.165) is 22.2 Å². The third kappa shape index (κ3) is 2.52. The lowest BCUT2D eigenvalue weighted by molar-refractivity contribution is 0.628. The number of halogens is 1. The summed E-state index contributed by atoms with van der Waals surface area (Å²) >= 11 is 0. The summed E-state index contributed by atoms with van der Waals surface area (Å²) in [6.45, 7) is 0. The van der Waals surface area contributed by atoms with Crippen LogP contribution in [0.3, 0.4) is 0 Å². The summed E-state index contributed by atoms with van der Waals surface area (Å²) in [5.41, 5.74) is 16.8. The van der Waals surface area contributed by atoms with E-state index >= 15 is 0 Å². The molecule has 0 aliphatic rings. The molecule has 0 bridgehead atoms. The fourth-order valence-electron chi connectivity index (χ4n) is 3.42. The number of benzene rings is 2. The highest BCUT2D eigenvalue weighted by Crippen LogP contribution is 2.34. The number of rotatable bonds is 2. The molecule has 0 aliphatic heterocycles. The number of pyridine rings is 1. The van der Waals surface area contributed by atoms with Crippen molar-refractivity contribution < 1.29 is 4.39 Å². The van der Waals surface area contributed by atoms with Crippen LogP contribution >= 0.6 is 0 Å². The number of hydrogen-bond donors (Lipinski definition) is 2. The van der Waals surface area contributed by atoms with Crippen LogP contribution in [0.2, 0.25) is 0 Å². The van der Waals surface area contributed by atoms with Crippen molar-refractivity contribution in [3.8, 4) is 22.5 Å². The first-order chi connectivity index (χ1) is 13.6.